The molecule has 1 aliphatic carbocycles. The highest BCUT2D eigenvalue weighted by atomic mass is 16.5. The number of likely N-dealkylation sites (N-methyl/N-ethyl adjacent to an activating group) is 1. The summed E-state index contributed by atoms with van der Waals surface area (Å²) in [6, 6.07) is -0.614. The molecule has 3 aliphatic heterocycles. The molecule has 1 N–H and O–H groups in total. The Morgan fingerprint density at radius 2 is 1.78 bits per heavy atom. The van der Waals surface area contributed by atoms with Gasteiger partial charge in [-0.05, 0) is 51.9 Å². The number of aliphatic hydroxyl groups excluding tert-OH is 1. The van der Waals surface area contributed by atoms with E-state index in [1.54, 1.807) is 29.0 Å². The molecule has 3 saturated heterocycles. The smallest absolute Gasteiger partial charge is 0.248 e. The third kappa shape index (κ3) is 4.76. The molecule has 2 unspecified atom stereocenters. The summed E-state index contributed by atoms with van der Waals surface area (Å²) in [5.41, 5.74) is -1.77. The predicted molar refractivity (Wildman–Crippen MR) is 141 cm³/mol. The molecule has 1 saturated carbocycles. The molecule has 0 aromatic heterocycles. The Morgan fingerprint density at radius 1 is 1.08 bits per heavy atom. The van der Waals surface area contributed by atoms with E-state index in [1.165, 1.54) is 6.42 Å². The summed E-state index contributed by atoms with van der Waals surface area (Å²) in [5.74, 6) is -1.63. The molecule has 0 aromatic carbocycles. The molecular weight excluding hydrogens is 470 g/mol. The molecule has 2 bridgehead atoms. The molecule has 37 heavy (non-hydrogen) atoms. The molecule has 3 amide bonds. The number of hydrogen-bond acceptors (Lipinski definition) is 5. The molecular formula is C29H45N3O5. The van der Waals surface area contributed by atoms with Crippen LogP contribution in [0.5, 0.6) is 0 Å². The van der Waals surface area contributed by atoms with Crippen LogP contribution in [0.1, 0.15) is 71.1 Å². The van der Waals surface area contributed by atoms with Crippen LogP contribution in [0.4, 0.5) is 0 Å². The summed E-state index contributed by atoms with van der Waals surface area (Å²) in [7, 11) is 1.73. The first-order valence-electron chi connectivity index (χ1n) is 14.1. The molecule has 0 radical (unpaired) electrons. The topological polar surface area (TPSA) is 90.4 Å². The third-order valence-electron chi connectivity index (χ3n) is 9.24. The molecule has 8 nitrogen and oxygen atoms in total. The highest BCUT2D eigenvalue weighted by Crippen LogP contribution is 2.63. The van der Waals surface area contributed by atoms with E-state index in [1.807, 2.05) is 11.8 Å². The molecule has 0 aromatic rings. The van der Waals surface area contributed by atoms with Gasteiger partial charge in [-0.1, -0.05) is 31.4 Å². The van der Waals surface area contributed by atoms with E-state index in [0.29, 0.717) is 45.3 Å². The second-order valence-corrected chi connectivity index (χ2v) is 11.6. The molecule has 4 fully saturated rings. The zero-order valence-corrected chi connectivity index (χ0v) is 22.7. The van der Waals surface area contributed by atoms with Crippen LogP contribution in [-0.4, -0.2) is 94.1 Å². The zero-order chi connectivity index (χ0) is 26.8. The second kappa shape index (κ2) is 11.3. The van der Waals surface area contributed by atoms with Gasteiger partial charge in [0.2, 0.25) is 17.7 Å². The Bertz CT molecular complexity index is 902. The van der Waals surface area contributed by atoms with E-state index >= 15 is 0 Å². The van der Waals surface area contributed by atoms with E-state index in [4.69, 9.17) is 4.74 Å². The standard InChI is InChI=1S/C29H45N3O5/c1-5-17-30(4)25(34)22-23-26(35)32(19-11-8-12-20-33)24(29(23)16-15-28(22,3)37-29)27(36)31(18-6-2)21-13-9-7-10-14-21/h5-6,21-24,33H,1-2,7-20H2,3-4H3/t22-,23-,24?,28+,29?/m0/s1. The van der Waals surface area contributed by atoms with Gasteiger partial charge in [0.15, 0.2) is 0 Å². The van der Waals surface area contributed by atoms with Crippen LogP contribution in [0.25, 0.3) is 0 Å². The Hall–Kier alpha value is -2.19. The summed E-state index contributed by atoms with van der Waals surface area (Å²) in [6.45, 7) is 11.0. The molecule has 4 aliphatic rings. The molecule has 1 spiro atoms. The van der Waals surface area contributed by atoms with Crippen LogP contribution < -0.4 is 0 Å². The van der Waals surface area contributed by atoms with E-state index < -0.39 is 29.1 Å². The summed E-state index contributed by atoms with van der Waals surface area (Å²) < 4.78 is 6.76. The SMILES string of the molecule is C=CCN(C)C(=O)[C@@H]1[C@H]2C(=O)N(CCCCCO)C(C(=O)N(CC=C)C3CCCCC3)C23CC[C@@]1(C)O3. The van der Waals surface area contributed by atoms with Crippen molar-refractivity contribution in [3.05, 3.63) is 25.3 Å². The number of aliphatic hydroxyl groups is 1. The van der Waals surface area contributed by atoms with Crippen molar-refractivity contribution >= 4 is 17.7 Å². The van der Waals surface area contributed by atoms with Crippen molar-refractivity contribution < 1.29 is 24.2 Å². The number of likely N-dealkylation sites (tertiary alicyclic amines) is 1. The van der Waals surface area contributed by atoms with Crippen molar-refractivity contribution in [2.45, 2.75) is 94.4 Å². The summed E-state index contributed by atoms with van der Waals surface area (Å²) in [6.07, 6.45) is 12.1. The van der Waals surface area contributed by atoms with Gasteiger partial charge < -0.3 is 24.5 Å². The van der Waals surface area contributed by atoms with Gasteiger partial charge in [-0.25, -0.2) is 0 Å². The predicted octanol–water partition coefficient (Wildman–Crippen LogP) is 2.91. The lowest BCUT2D eigenvalue weighted by atomic mass is 9.66. The fraction of sp³-hybridized carbons (Fsp3) is 0.759. The lowest BCUT2D eigenvalue weighted by molar-refractivity contribution is -0.154. The monoisotopic (exact) mass is 515 g/mol. The van der Waals surface area contributed by atoms with Crippen molar-refractivity contribution in [3.63, 3.8) is 0 Å². The first-order valence-corrected chi connectivity index (χ1v) is 14.1. The van der Waals surface area contributed by atoms with E-state index in [0.717, 1.165) is 32.1 Å². The molecule has 8 heteroatoms. The van der Waals surface area contributed by atoms with E-state index in [-0.39, 0.29) is 30.4 Å². The fourth-order valence-electron chi connectivity index (χ4n) is 7.52. The highest BCUT2D eigenvalue weighted by molar-refractivity contribution is 5.99. The molecule has 206 valence electrons. The van der Waals surface area contributed by atoms with Gasteiger partial charge in [-0.3, -0.25) is 14.4 Å². The molecule has 3 heterocycles. The van der Waals surface area contributed by atoms with Gasteiger partial charge >= 0.3 is 0 Å². The van der Waals surface area contributed by atoms with Crippen LogP contribution in [0, 0.1) is 11.8 Å². The van der Waals surface area contributed by atoms with Crippen LogP contribution in [0.2, 0.25) is 0 Å². The first kappa shape index (κ1) is 27.8. The number of nitrogens with zero attached hydrogens (tertiary/aromatic N) is 3. The summed E-state index contributed by atoms with van der Waals surface area (Å²) >= 11 is 0. The minimum Gasteiger partial charge on any atom is -0.396 e. The van der Waals surface area contributed by atoms with Gasteiger partial charge in [0.25, 0.3) is 0 Å². The van der Waals surface area contributed by atoms with Crippen molar-refractivity contribution in [3.8, 4) is 0 Å². The maximum Gasteiger partial charge on any atom is 0.248 e. The van der Waals surface area contributed by atoms with Crippen LogP contribution in [0.3, 0.4) is 0 Å². The fourth-order valence-corrected chi connectivity index (χ4v) is 7.52. The minimum absolute atomic E-state index is 0.0680. The van der Waals surface area contributed by atoms with Gasteiger partial charge in [0.05, 0.1) is 17.4 Å². The zero-order valence-electron chi connectivity index (χ0n) is 22.7. The number of carbonyl (C=O) groups excluding carboxylic acids is 3. The van der Waals surface area contributed by atoms with Gasteiger partial charge in [0, 0.05) is 39.3 Å². The van der Waals surface area contributed by atoms with Gasteiger partial charge in [-0.15, -0.1) is 13.2 Å². The number of carbonyl (C=O) groups is 3. The normalized spacial score (nSPS) is 32.9. The maximum absolute atomic E-state index is 14.5. The molecule has 4 rings (SSSR count). The highest BCUT2D eigenvalue weighted by Gasteiger charge is 2.78. The summed E-state index contributed by atoms with van der Waals surface area (Å²) in [4.78, 5) is 47.6. The third-order valence-corrected chi connectivity index (χ3v) is 9.24. The van der Waals surface area contributed by atoms with Crippen molar-refractivity contribution in [1.82, 2.24) is 14.7 Å². The van der Waals surface area contributed by atoms with E-state index in [2.05, 4.69) is 13.2 Å². The molecule has 5 atom stereocenters. The largest absolute Gasteiger partial charge is 0.396 e. The lowest BCUT2D eigenvalue weighted by Crippen LogP contribution is -2.58. The van der Waals surface area contributed by atoms with Crippen LogP contribution in [0.15, 0.2) is 25.3 Å². The first-order chi connectivity index (χ1) is 17.8. The van der Waals surface area contributed by atoms with Crippen molar-refractivity contribution in [2.24, 2.45) is 11.8 Å². The van der Waals surface area contributed by atoms with Crippen molar-refractivity contribution in [1.29, 1.82) is 0 Å². The van der Waals surface area contributed by atoms with Gasteiger partial charge in [0.1, 0.15) is 11.6 Å². The van der Waals surface area contributed by atoms with Gasteiger partial charge in [-0.2, -0.15) is 0 Å². The number of rotatable bonds is 12. The van der Waals surface area contributed by atoms with Crippen molar-refractivity contribution in [2.75, 3.05) is 33.3 Å². The lowest BCUT2D eigenvalue weighted by Gasteiger charge is -2.40. The number of unbranched alkanes of at least 4 members (excludes halogenated alkanes) is 2. The Balaban J connectivity index is 1.72. The second-order valence-electron chi connectivity index (χ2n) is 11.6. The Morgan fingerprint density at radius 3 is 2.43 bits per heavy atom. The number of hydrogen-bond donors (Lipinski definition) is 1. The Kier molecular flexibility index (Phi) is 8.48. The number of ether oxygens (including phenoxy) is 1. The van der Waals surface area contributed by atoms with Crippen LogP contribution >= 0.6 is 0 Å². The Labute approximate surface area is 221 Å². The quantitative estimate of drug-likeness (QED) is 0.319. The average molecular weight is 516 g/mol. The maximum atomic E-state index is 14.5. The number of fused-ring (bicyclic) bond motifs is 1. The number of amides is 3. The van der Waals surface area contributed by atoms with E-state index in [9.17, 15) is 19.5 Å². The minimum atomic E-state index is -0.997. The average Bonchev–Trinajstić information content (AvgIpc) is 3.45. The van der Waals surface area contributed by atoms with Crippen LogP contribution in [-0.2, 0) is 19.1 Å². The summed E-state index contributed by atoms with van der Waals surface area (Å²) in [5, 5.41) is 9.24.